The first kappa shape index (κ1) is 8.53. The molecule has 0 amide bonds. The highest BCUT2D eigenvalue weighted by Crippen LogP contribution is 2.31. The largest absolute Gasteiger partial charge is 0.480 e. The minimum atomic E-state index is -0.696. The van der Waals surface area contributed by atoms with Crippen molar-refractivity contribution in [3.05, 3.63) is 0 Å². The molecule has 1 atom stereocenters. The highest BCUT2D eigenvalue weighted by atomic mass is 16.4. The summed E-state index contributed by atoms with van der Waals surface area (Å²) in [4.78, 5) is 12.6. The van der Waals surface area contributed by atoms with Gasteiger partial charge in [-0.15, -0.1) is 0 Å². The van der Waals surface area contributed by atoms with Gasteiger partial charge in [-0.1, -0.05) is 0 Å². The van der Waals surface area contributed by atoms with E-state index in [-0.39, 0.29) is 11.6 Å². The van der Waals surface area contributed by atoms with Crippen LogP contribution >= 0.6 is 0 Å². The molecular formula is C8H15NO2. The number of likely N-dealkylation sites (tertiary alicyclic amines) is 1. The van der Waals surface area contributed by atoms with Crippen LogP contribution in [0.15, 0.2) is 0 Å². The quantitative estimate of drug-likeness (QED) is 0.616. The molecule has 1 unspecified atom stereocenters. The number of rotatable bonds is 1. The summed E-state index contributed by atoms with van der Waals surface area (Å²) < 4.78 is 0. The predicted octanol–water partition coefficient (Wildman–Crippen LogP) is 0.944. The van der Waals surface area contributed by atoms with E-state index in [1.54, 1.807) is 0 Å². The van der Waals surface area contributed by atoms with Gasteiger partial charge in [0.1, 0.15) is 6.04 Å². The van der Waals surface area contributed by atoms with Crippen molar-refractivity contribution in [1.82, 2.24) is 4.90 Å². The molecule has 0 aliphatic carbocycles. The molecule has 0 aromatic rings. The maximum absolute atomic E-state index is 10.7. The molecule has 1 rings (SSSR count). The smallest absolute Gasteiger partial charge is 0.320 e. The Morgan fingerprint density at radius 3 is 2.36 bits per heavy atom. The van der Waals surface area contributed by atoms with Gasteiger partial charge in [-0.2, -0.15) is 0 Å². The number of carboxylic acid groups (broad SMARTS) is 1. The van der Waals surface area contributed by atoms with Crippen LogP contribution in [0.3, 0.4) is 0 Å². The van der Waals surface area contributed by atoms with Gasteiger partial charge in [-0.05, 0) is 33.7 Å². The summed E-state index contributed by atoms with van der Waals surface area (Å²) in [6, 6.07) is -0.273. The van der Waals surface area contributed by atoms with E-state index in [0.717, 1.165) is 12.8 Å². The average molecular weight is 157 g/mol. The summed E-state index contributed by atoms with van der Waals surface area (Å²) >= 11 is 0. The van der Waals surface area contributed by atoms with Gasteiger partial charge >= 0.3 is 5.97 Å². The fourth-order valence-electron chi connectivity index (χ4n) is 1.57. The average Bonchev–Trinajstić information content (AvgIpc) is 2.09. The molecule has 11 heavy (non-hydrogen) atoms. The lowest BCUT2D eigenvalue weighted by Crippen LogP contribution is -2.42. The maximum Gasteiger partial charge on any atom is 0.320 e. The molecule has 3 nitrogen and oxygen atoms in total. The van der Waals surface area contributed by atoms with Gasteiger partial charge in [0.2, 0.25) is 0 Å². The first-order chi connectivity index (χ1) is 4.95. The van der Waals surface area contributed by atoms with Gasteiger partial charge in [0.05, 0.1) is 0 Å². The second-order valence-corrected chi connectivity index (χ2v) is 3.82. The molecule has 1 N–H and O–H groups in total. The zero-order valence-corrected chi connectivity index (χ0v) is 7.29. The second-order valence-electron chi connectivity index (χ2n) is 3.82. The number of carbonyl (C=O) groups is 1. The molecule has 1 aliphatic heterocycles. The molecule has 0 aromatic heterocycles. The van der Waals surface area contributed by atoms with Crippen LogP contribution in [0, 0.1) is 0 Å². The fourth-order valence-corrected chi connectivity index (χ4v) is 1.57. The highest BCUT2D eigenvalue weighted by Gasteiger charge is 2.40. The first-order valence-corrected chi connectivity index (χ1v) is 3.91. The van der Waals surface area contributed by atoms with E-state index in [9.17, 15) is 4.79 Å². The van der Waals surface area contributed by atoms with Crippen LogP contribution in [-0.4, -0.2) is 34.6 Å². The van der Waals surface area contributed by atoms with Gasteiger partial charge in [-0.3, -0.25) is 9.69 Å². The molecule has 0 aromatic carbocycles. The zero-order chi connectivity index (χ0) is 8.65. The normalized spacial score (nSPS) is 30.6. The van der Waals surface area contributed by atoms with Crippen molar-refractivity contribution >= 4 is 5.97 Å². The van der Waals surface area contributed by atoms with Crippen molar-refractivity contribution in [2.45, 2.75) is 38.3 Å². The van der Waals surface area contributed by atoms with Crippen molar-refractivity contribution in [1.29, 1.82) is 0 Å². The lowest BCUT2D eigenvalue weighted by atomic mass is 10.0. The molecule has 0 spiro atoms. The van der Waals surface area contributed by atoms with E-state index in [0.29, 0.717) is 0 Å². The molecule has 0 bridgehead atoms. The number of carboxylic acids is 1. The van der Waals surface area contributed by atoms with Gasteiger partial charge < -0.3 is 5.11 Å². The van der Waals surface area contributed by atoms with Gasteiger partial charge in [0, 0.05) is 5.54 Å². The maximum atomic E-state index is 10.7. The zero-order valence-electron chi connectivity index (χ0n) is 7.29. The van der Waals surface area contributed by atoms with E-state index in [4.69, 9.17) is 5.11 Å². The number of likely N-dealkylation sites (N-methyl/N-ethyl adjacent to an activating group) is 1. The molecule has 1 fully saturated rings. The Bertz CT molecular complexity index is 177. The molecular weight excluding hydrogens is 142 g/mol. The van der Waals surface area contributed by atoms with Crippen LogP contribution in [0.2, 0.25) is 0 Å². The Kier molecular flexibility index (Phi) is 1.92. The molecule has 64 valence electrons. The number of hydrogen-bond acceptors (Lipinski definition) is 2. The van der Waals surface area contributed by atoms with Crippen molar-refractivity contribution in [3.63, 3.8) is 0 Å². The van der Waals surface area contributed by atoms with Gasteiger partial charge in [0.25, 0.3) is 0 Å². The predicted molar refractivity (Wildman–Crippen MR) is 42.5 cm³/mol. The molecule has 1 saturated heterocycles. The standard InChI is InChI=1S/C8H15NO2/c1-8(2)5-4-6(7(10)11)9(8)3/h6H,4-5H2,1-3H3,(H,10,11). The molecule has 1 heterocycles. The fraction of sp³-hybridized carbons (Fsp3) is 0.875. The highest BCUT2D eigenvalue weighted by molar-refractivity contribution is 5.74. The van der Waals surface area contributed by atoms with Gasteiger partial charge in [0.15, 0.2) is 0 Å². The molecule has 1 aliphatic rings. The van der Waals surface area contributed by atoms with Crippen LogP contribution in [-0.2, 0) is 4.79 Å². The van der Waals surface area contributed by atoms with Crippen molar-refractivity contribution in [3.8, 4) is 0 Å². The third kappa shape index (κ3) is 1.38. The summed E-state index contributed by atoms with van der Waals surface area (Å²) in [5.74, 6) is -0.696. The number of hydrogen-bond donors (Lipinski definition) is 1. The molecule has 0 radical (unpaired) electrons. The topological polar surface area (TPSA) is 40.5 Å². The summed E-state index contributed by atoms with van der Waals surface area (Å²) in [5, 5.41) is 8.77. The summed E-state index contributed by atoms with van der Waals surface area (Å²) in [6.07, 6.45) is 1.75. The Labute approximate surface area is 67.0 Å². The Hall–Kier alpha value is -0.570. The van der Waals surface area contributed by atoms with Crippen molar-refractivity contribution in [2.75, 3.05) is 7.05 Å². The minimum Gasteiger partial charge on any atom is -0.480 e. The van der Waals surface area contributed by atoms with Crippen LogP contribution in [0.25, 0.3) is 0 Å². The molecule has 0 saturated carbocycles. The summed E-state index contributed by atoms with van der Waals surface area (Å²) in [6.45, 7) is 4.16. The minimum absolute atomic E-state index is 0.0586. The van der Waals surface area contributed by atoms with Crippen LogP contribution in [0.4, 0.5) is 0 Å². The summed E-state index contributed by atoms with van der Waals surface area (Å²) in [7, 11) is 1.88. The third-order valence-corrected chi connectivity index (χ3v) is 2.74. The van der Waals surface area contributed by atoms with Crippen molar-refractivity contribution in [2.24, 2.45) is 0 Å². The van der Waals surface area contributed by atoms with Crippen molar-refractivity contribution < 1.29 is 9.90 Å². The Morgan fingerprint density at radius 2 is 2.18 bits per heavy atom. The second kappa shape index (κ2) is 2.48. The monoisotopic (exact) mass is 157 g/mol. The van der Waals surface area contributed by atoms with E-state index in [1.165, 1.54) is 0 Å². The van der Waals surface area contributed by atoms with E-state index in [2.05, 4.69) is 13.8 Å². The van der Waals surface area contributed by atoms with E-state index >= 15 is 0 Å². The first-order valence-electron chi connectivity index (χ1n) is 3.91. The van der Waals surface area contributed by atoms with E-state index in [1.807, 2.05) is 11.9 Å². The van der Waals surface area contributed by atoms with Crippen LogP contribution in [0.5, 0.6) is 0 Å². The van der Waals surface area contributed by atoms with Gasteiger partial charge in [-0.25, -0.2) is 0 Å². The number of aliphatic carboxylic acids is 1. The Morgan fingerprint density at radius 1 is 1.64 bits per heavy atom. The molecule has 3 heteroatoms. The number of nitrogens with zero attached hydrogens (tertiary/aromatic N) is 1. The third-order valence-electron chi connectivity index (χ3n) is 2.74. The lowest BCUT2D eigenvalue weighted by molar-refractivity contribution is -0.142. The summed E-state index contributed by atoms with van der Waals surface area (Å²) in [5.41, 5.74) is 0.0586. The SMILES string of the molecule is CN1C(C(=O)O)CCC1(C)C. The van der Waals surface area contributed by atoms with E-state index < -0.39 is 5.97 Å². The Balaban J connectivity index is 2.71. The van der Waals surface area contributed by atoms with Crippen LogP contribution < -0.4 is 0 Å². The lowest BCUT2D eigenvalue weighted by Gasteiger charge is -2.29. The van der Waals surface area contributed by atoms with Crippen LogP contribution in [0.1, 0.15) is 26.7 Å².